The molecular formula is C33H27N3O7S2. The molecule has 2 aliphatic heterocycles. The first-order valence-electron chi connectivity index (χ1n) is 14.7. The van der Waals surface area contributed by atoms with E-state index < -0.39 is 16.8 Å². The molecule has 0 spiro atoms. The predicted molar refractivity (Wildman–Crippen MR) is 168 cm³/mol. The Bertz CT molecular complexity index is 1910. The Labute approximate surface area is 265 Å². The highest BCUT2D eigenvalue weighted by molar-refractivity contribution is 8.00. The van der Waals surface area contributed by atoms with E-state index in [1.165, 1.54) is 40.5 Å². The molecule has 4 aliphatic rings. The van der Waals surface area contributed by atoms with Crippen molar-refractivity contribution in [1.82, 2.24) is 4.98 Å². The summed E-state index contributed by atoms with van der Waals surface area (Å²) in [6.45, 7) is 0.388. The minimum absolute atomic E-state index is 0.0227. The van der Waals surface area contributed by atoms with Gasteiger partial charge in [0, 0.05) is 28.2 Å². The molecule has 228 valence electrons. The molecule has 3 aromatic carbocycles. The lowest BCUT2D eigenvalue weighted by atomic mass is 9.68. The van der Waals surface area contributed by atoms with Gasteiger partial charge in [-0.1, -0.05) is 47.7 Å². The first-order valence-corrected chi connectivity index (χ1v) is 16.4. The molecule has 7 atom stereocenters. The maximum absolute atomic E-state index is 14.0. The number of anilines is 1. The van der Waals surface area contributed by atoms with Gasteiger partial charge in [-0.05, 0) is 59.6 Å². The molecule has 1 N–H and O–H groups in total. The normalized spacial score (nSPS) is 27.7. The maximum atomic E-state index is 14.0. The molecule has 45 heavy (non-hydrogen) atoms. The number of imide groups is 1. The van der Waals surface area contributed by atoms with Gasteiger partial charge in [0.2, 0.25) is 11.8 Å². The van der Waals surface area contributed by atoms with Gasteiger partial charge in [0.25, 0.3) is 5.69 Å². The van der Waals surface area contributed by atoms with Gasteiger partial charge in [-0.2, -0.15) is 0 Å². The van der Waals surface area contributed by atoms with Crippen LogP contribution in [0, 0.1) is 39.7 Å². The number of hydrogen-bond acceptors (Lipinski definition) is 9. The fourth-order valence-corrected chi connectivity index (χ4v) is 11.0. The van der Waals surface area contributed by atoms with E-state index in [0.29, 0.717) is 23.8 Å². The smallest absolute Gasteiger partial charge is 0.305 e. The van der Waals surface area contributed by atoms with Crippen LogP contribution in [0.5, 0.6) is 11.5 Å². The number of carbonyl (C=O) groups is 2. The van der Waals surface area contributed by atoms with Crippen LogP contribution in [0.4, 0.5) is 11.4 Å². The second kappa shape index (κ2) is 10.6. The molecule has 2 saturated carbocycles. The monoisotopic (exact) mass is 641 g/mol. The number of nitro groups is 1. The Balaban J connectivity index is 1.14. The van der Waals surface area contributed by atoms with E-state index in [-0.39, 0.29) is 51.3 Å². The maximum Gasteiger partial charge on any atom is 0.305 e. The molecule has 10 nitrogen and oxygen atoms in total. The van der Waals surface area contributed by atoms with Crippen molar-refractivity contribution in [3.8, 4) is 11.5 Å². The number of ether oxygens (including phenoxy) is 2. The lowest BCUT2D eigenvalue weighted by Gasteiger charge is -2.43. The number of benzene rings is 3. The van der Waals surface area contributed by atoms with Crippen LogP contribution in [0.25, 0.3) is 0 Å². The number of aromatic nitrogens is 1. The third-order valence-electron chi connectivity index (χ3n) is 9.83. The summed E-state index contributed by atoms with van der Waals surface area (Å²) in [6, 6.07) is 21.3. The zero-order valence-corrected chi connectivity index (χ0v) is 25.6. The van der Waals surface area contributed by atoms with Gasteiger partial charge in [0.15, 0.2) is 11.5 Å². The molecule has 4 aromatic rings. The topological polar surface area (TPSA) is 132 Å². The Morgan fingerprint density at radius 2 is 1.69 bits per heavy atom. The number of nitrogens with zero attached hydrogens (tertiary/aromatic N) is 2. The molecule has 12 heteroatoms. The van der Waals surface area contributed by atoms with Gasteiger partial charge in [-0.3, -0.25) is 29.4 Å². The summed E-state index contributed by atoms with van der Waals surface area (Å²) < 4.78 is 11.9. The zero-order valence-electron chi connectivity index (χ0n) is 24.0. The number of hydrogen-bond donors (Lipinski definition) is 1. The number of thioether (sulfide) groups is 1. The quantitative estimate of drug-likeness (QED) is 0.157. The number of aromatic amines is 1. The third kappa shape index (κ3) is 4.33. The van der Waals surface area contributed by atoms with E-state index >= 15 is 0 Å². The number of nitro benzene ring substituents is 1. The number of H-pyrrole nitrogens is 1. The molecule has 1 aromatic heterocycles. The van der Waals surface area contributed by atoms with E-state index in [4.69, 9.17) is 9.47 Å². The van der Waals surface area contributed by atoms with E-state index in [1.807, 2.05) is 48.5 Å². The van der Waals surface area contributed by atoms with Gasteiger partial charge in [-0.25, -0.2) is 0 Å². The summed E-state index contributed by atoms with van der Waals surface area (Å²) in [5.41, 5.74) is 2.26. The van der Waals surface area contributed by atoms with Gasteiger partial charge < -0.3 is 14.5 Å². The number of rotatable bonds is 7. The third-order valence-corrected chi connectivity index (χ3v) is 12.4. The molecule has 2 aliphatic carbocycles. The van der Waals surface area contributed by atoms with Crippen molar-refractivity contribution in [1.29, 1.82) is 0 Å². The van der Waals surface area contributed by atoms with Crippen molar-refractivity contribution >= 4 is 46.3 Å². The van der Waals surface area contributed by atoms with Gasteiger partial charge in [0.1, 0.15) is 6.61 Å². The average Bonchev–Trinajstić information content (AvgIpc) is 3.79. The molecule has 3 heterocycles. The number of nitrogens with one attached hydrogen (secondary N) is 1. The Morgan fingerprint density at radius 3 is 2.40 bits per heavy atom. The number of carbonyl (C=O) groups excluding carboxylic acids is 2. The van der Waals surface area contributed by atoms with Crippen molar-refractivity contribution in [2.45, 2.75) is 29.2 Å². The minimum atomic E-state index is -0.506. The lowest BCUT2D eigenvalue weighted by molar-refractivity contribution is -0.384. The second-order valence-electron chi connectivity index (χ2n) is 11.9. The SMILES string of the molecule is COc1cc([C@@H]2c3sc(=O)[nH]c3S[C@@H]3[C@@H]4C[C@@H]([C@@H]5C(=O)N(c6ccc([N+](=O)[O-])cc6)C(=O)[C@@H]45)[C@@H]23)ccc1OCc1ccccc1. The first kappa shape index (κ1) is 28.1. The lowest BCUT2D eigenvalue weighted by Crippen LogP contribution is -2.42. The molecule has 8 rings (SSSR count). The number of non-ortho nitro benzene ring substituents is 1. The van der Waals surface area contributed by atoms with Gasteiger partial charge in [0.05, 0.1) is 34.6 Å². The number of amides is 2. The Kier molecular flexibility index (Phi) is 6.61. The van der Waals surface area contributed by atoms with E-state index in [9.17, 15) is 24.5 Å². The fraction of sp³-hybridized carbons (Fsp3) is 0.303. The molecule has 2 bridgehead atoms. The molecule has 0 unspecified atom stereocenters. The summed E-state index contributed by atoms with van der Waals surface area (Å²) >= 11 is 2.83. The summed E-state index contributed by atoms with van der Waals surface area (Å²) in [6.07, 6.45) is 0.758. The highest BCUT2D eigenvalue weighted by Crippen LogP contribution is 2.68. The fourth-order valence-electron chi connectivity index (χ4n) is 8.10. The van der Waals surface area contributed by atoms with Crippen LogP contribution in [-0.4, -0.2) is 34.1 Å². The van der Waals surface area contributed by atoms with Crippen LogP contribution < -0.4 is 19.2 Å². The number of thiazole rings is 1. The Morgan fingerprint density at radius 1 is 0.956 bits per heavy atom. The minimum Gasteiger partial charge on any atom is -0.493 e. The van der Waals surface area contributed by atoms with Crippen LogP contribution in [0.1, 0.15) is 28.3 Å². The van der Waals surface area contributed by atoms with Crippen LogP contribution in [0.2, 0.25) is 0 Å². The van der Waals surface area contributed by atoms with Crippen molar-refractivity contribution in [2.75, 3.05) is 12.0 Å². The van der Waals surface area contributed by atoms with Crippen LogP contribution >= 0.6 is 23.1 Å². The summed E-state index contributed by atoms with van der Waals surface area (Å²) in [5, 5.41) is 12.0. The first-order chi connectivity index (χ1) is 21.8. The van der Waals surface area contributed by atoms with E-state index in [0.717, 1.165) is 27.5 Å². The van der Waals surface area contributed by atoms with Crippen molar-refractivity contribution in [2.24, 2.45) is 29.6 Å². The molecular weight excluding hydrogens is 615 g/mol. The standard InChI is InChI=1S/C33H27N3O7S2/c1-42-23-13-17(7-12-22(23)43-15-16-5-3-2-4-6-16)24-25-20-14-21(28(25)44-30-29(24)45-33(39)34-30)27-26(20)31(37)35(32(27)38)18-8-10-19(11-9-18)36(40)41/h2-13,20-21,24-28H,14-15H2,1H3,(H,34,39)/t20-,21-,24+,25+,26+,27+,28-/m1/s1. The molecule has 1 saturated heterocycles. The van der Waals surface area contributed by atoms with Crippen LogP contribution in [-0.2, 0) is 16.2 Å². The van der Waals surface area contributed by atoms with Gasteiger partial charge in [-0.15, -0.1) is 11.8 Å². The van der Waals surface area contributed by atoms with Crippen molar-refractivity contribution in [3.05, 3.63) is 109 Å². The largest absolute Gasteiger partial charge is 0.493 e. The highest BCUT2D eigenvalue weighted by Gasteiger charge is 2.69. The summed E-state index contributed by atoms with van der Waals surface area (Å²) in [7, 11) is 1.60. The van der Waals surface area contributed by atoms with Crippen molar-refractivity contribution in [3.63, 3.8) is 0 Å². The Hall–Kier alpha value is -4.42. The van der Waals surface area contributed by atoms with E-state index in [1.54, 1.807) is 18.9 Å². The molecule has 0 radical (unpaired) electrons. The van der Waals surface area contributed by atoms with Crippen LogP contribution in [0.3, 0.4) is 0 Å². The molecule has 2 amide bonds. The second-order valence-corrected chi connectivity index (χ2v) is 14.1. The average molecular weight is 642 g/mol. The van der Waals surface area contributed by atoms with Gasteiger partial charge >= 0.3 is 4.87 Å². The summed E-state index contributed by atoms with van der Waals surface area (Å²) in [5.74, 6) is -0.475. The summed E-state index contributed by atoms with van der Waals surface area (Å²) in [4.78, 5) is 56.2. The highest BCUT2D eigenvalue weighted by atomic mass is 32.2. The predicted octanol–water partition coefficient (Wildman–Crippen LogP) is 5.61. The number of methoxy groups -OCH3 is 1. The van der Waals surface area contributed by atoms with Crippen LogP contribution in [0.15, 0.2) is 82.6 Å². The van der Waals surface area contributed by atoms with Crippen molar-refractivity contribution < 1.29 is 24.0 Å². The number of fused-ring (bicyclic) bond motifs is 9. The van der Waals surface area contributed by atoms with E-state index in [2.05, 4.69) is 4.98 Å². The zero-order chi connectivity index (χ0) is 31.0. The molecule has 3 fully saturated rings.